The van der Waals surface area contributed by atoms with Gasteiger partial charge in [-0.2, -0.15) is 0 Å². The van der Waals surface area contributed by atoms with Crippen LogP contribution >= 0.6 is 27.7 Å². The van der Waals surface area contributed by atoms with Crippen molar-refractivity contribution in [1.29, 1.82) is 0 Å². The number of benzene rings is 2. The molecule has 1 atom stereocenters. The summed E-state index contributed by atoms with van der Waals surface area (Å²) < 4.78 is 1.07. The van der Waals surface area contributed by atoms with Crippen LogP contribution in [0.4, 0.5) is 0 Å². The second-order valence-corrected chi connectivity index (χ2v) is 5.80. The first kappa shape index (κ1) is 12.7. The monoisotopic (exact) mass is 308 g/mol. The van der Waals surface area contributed by atoms with Gasteiger partial charge in [-0.25, -0.2) is 0 Å². The number of aliphatic hydroxyl groups is 1. The van der Waals surface area contributed by atoms with E-state index in [0.29, 0.717) is 0 Å². The summed E-state index contributed by atoms with van der Waals surface area (Å²) in [4.78, 5) is 2.26. The second-order valence-electron chi connectivity index (χ2n) is 3.77. The van der Waals surface area contributed by atoms with E-state index in [1.807, 2.05) is 36.4 Å². The lowest BCUT2D eigenvalue weighted by Crippen LogP contribution is -1.93. The molecule has 2 aromatic carbocycles. The molecule has 1 N–H and O–H groups in total. The highest BCUT2D eigenvalue weighted by molar-refractivity contribution is 9.10. The van der Waals surface area contributed by atoms with Gasteiger partial charge in [0.1, 0.15) is 0 Å². The molecule has 0 fully saturated rings. The Labute approximate surface area is 114 Å². The summed E-state index contributed by atoms with van der Waals surface area (Å²) in [6.45, 7) is 1.79. The maximum Gasteiger partial charge on any atom is 0.0772 e. The molecule has 0 aromatic heterocycles. The van der Waals surface area contributed by atoms with Crippen LogP contribution in [-0.4, -0.2) is 5.11 Å². The van der Waals surface area contributed by atoms with E-state index in [4.69, 9.17) is 0 Å². The summed E-state index contributed by atoms with van der Waals surface area (Å²) in [5.41, 5.74) is 0.970. The predicted molar refractivity (Wildman–Crippen MR) is 75.3 cm³/mol. The fraction of sp³-hybridized carbons (Fsp3) is 0.143. The van der Waals surface area contributed by atoms with Crippen molar-refractivity contribution in [3.63, 3.8) is 0 Å². The lowest BCUT2D eigenvalue weighted by molar-refractivity contribution is 0.196. The number of halogens is 1. The molecule has 0 saturated heterocycles. The molecule has 3 heteroatoms. The van der Waals surface area contributed by atoms with Gasteiger partial charge in [0.05, 0.1) is 6.10 Å². The molecule has 0 spiro atoms. The molecule has 0 amide bonds. The highest BCUT2D eigenvalue weighted by Crippen LogP contribution is 2.34. The van der Waals surface area contributed by atoms with Crippen LogP contribution in [0.2, 0.25) is 0 Å². The highest BCUT2D eigenvalue weighted by atomic mass is 79.9. The Morgan fingerprint density at radius 3 is 2.59 bits per heavy atom. The molecular formula is C14H13BrOS. The predicted octanol–water partition coefficient (Wildman–Crippen LogP) is 4.65. The van der Waals surface area contributed by atoms with E-state index >= 15 is 0 Å². The van der Waals surface area contributed by atoms with Crippen molar-refractivity contribution in [1.82, 2.24) is 0 Å². The second kappa shape index (κ2) is 5.71. The molecule has 0 aliphatic carbocycles. The maximum absolute atomic E-state index is 9.71. The zero-order valence-electron chi connectivity index (χ0n) is 9.43. The Morgan fingerprint density at radius 1 is 1.12 bits per heavy atom. The Kier molecular flexibility index (Phi) is 4.26. The van der Waals surface area contributed by atoms with Crippen LogP contribution in [-0.2, 0) is 0 Å². The molecule has 0 bridgehead atoms. The topological polar surface area (TPSA) is 20.2 Å². The normalized spacial score (nSPS) is 12.4. The van der Waals surface area contributed by atoms with Gasteiger partial charge in [-0.3, -0.25) is 0 Å². The largest absolute Gasteiger partial charge is 0.389 e. The van der Waals surface area contributed by atoms with Crippen LogP contribution in [0.25, 0.3) is 0 Å². The Balaban J connectivity index is 2.30. The van der Waals surface area contributed by atoms with Gasteiger partial charge in [-0.15, -0.1) is 0 Å². The number of aliphatic hydroxyl groups excluding tert-OH is 1. The number of rotatable bonds is 3. The molecule has 17 heavy (non-hydrogen) atoms. The van der Waals surface area contributed by atoms with Crippen LogP contribution < -0.4 is 0 Å². The molecule has 2 rings (SSSR count). The van der Waals surface area contributed by atoms with Crippen molar-refractivity contribution in [3.05, 3.63) is 58.6 Å². The minimum absolute atomic E-state index is 0.439. The van der Waals surface area contributed by atoms with Gasteiger partial charge in [0, 0.05) is 14.3 Å². The first-order valence-electron chi connectivity index (χ1n) is 5.37. The number of hydrogen-bond donors (Lipinski definition) is 1. The molecule has 1 unspecified atom stereocenters. The Hall–Kier alpha value is -0.770. The van der Waals surface area contributed by atoms with Crippen LogP contribution in [0.3, 0.4) is 0 Å². The van der Waals surface area contributed by atoms with Crippen molar-refractivity contribution < 1.29 is 5.11 Å². The van der Waals surface area contributed by atoms with Crippen molar-refractivity contribution in [2.45, 2.75) is 22.8 Å². The zero-order valence-corrected chi connectivity index (χ0v) is 11.8. The Bertz CT molecular complexity index is 511. The fourth-order valence-corrected chi connectivity index (χ4v) is 3.22. The standard InChI is InChI=1S/C14H13BrOS/c1-10(16)13-7-2-3-8-14(13)17-12-6-4-5-11(15)9-12/h2-10,16H,1H3. The van der Waals surface area contributed by atoms with E-state index in [9.17, 15) is 5.11 Å². The van der Waals surface area contributed by atoms with Crippen molar-refractivity contribution >= 4 is 27.7 Å². The first-order chi connectivity index (χ1) is 8.16. The first-order valence-corrected chi connectivity index (χ1v) is 6.98. The van der Waals surface area contributed by atoms with E-state index in [2.05, 4.69) is 28.1 Å². The van der Waals surface area contributed by atoms with Crippen LogP contribution in [0, 0.1) is 0 Å². The summed E-state index contributed by atoms with van der Waals surface area (Å²) in [6.07, 6.45) is -0.439. The van der Waals surface area contributed by atoms with Crippen LogP contribution in [0.5, 0.6) is 0 Å². The quantitative estimate of drug-likeness (QED) is 0.890. The van der Waals surface area contributed by atoms with Gasteiger partial charge < -0.3 is 5.11 Å². The number of hydrogen-bond acceptors (Lipinski definition) is 2. The molecule has 0 radical (unpaired) electrons. The minimum atomic E-state index is -0.439. The fourth-order valence-electron chi connectivity index (χ4n) is 1.58. The van der Waals surface area contributed by atoms with Gasteiger partial charge in [0.2, 0.25) is 0 Å². The molecule has 1 nitrogen and oxygen atoms in total. The third-order valence-electron chi connectivity index (χ3n) is 2.39. The lowest BCUT2D eigenvalue weighted by atomic mass is 10.1. The molecule has 0 aliphatic rings. The third kappa shape index (κ3) is 3.35. The highest BCUT2D eigenvalue weighted by Gasteiger charge is 2.08. The van der Waals surface area contributed by atoms with Crippen LogP contribution in [0.1, 0.15) is 18.6 Å². The summed E-state index contributed by atoms with van der Waals surface area (Å²) in [7, 11) is 0. The van der Waals surface area contributed by atoms with E-state index in [0.717, 1.165) is 19.8 Å². The smallest absolute Gasteiger partial charge is 0.0772 e. The molecular weight excluding hydrogens is 296 g/mol. The van der Waals surface area contributed by atoms with Gasteiger partial charge in [0.25, 0.3) is 0 Å². The van der Waals surface area contributed by atoms with E-state index in [1.54, 1.807) is 18.7 Å². The van der Waals surface area contributed by atoms with E-state index in [1.165, 1.54) is 0 Å². The maximum atomic E-state index is 9.71. The SMILES string of the molecule is CC(O)c1ccccc1Sc1cccc(Br)c1. The molecule has 0 saturated carbocycles. The minimum Gasteiger partial charge on any atom is -0.389 e. The van der Waals surface area contributed by atoms with Crippen molar-refractivity contribution in [3.8, 4) is 0 Å². The Morgan fingerprint density at radius 2 is 1.88 bits per heavy atom. The van der Waals surface area contributed by atoms with Crippen LogP contribution in [0.15, 0.2) is 62.8 Å². The van der Waals surface area contributed by atoms with E-state index < -0.39 is 6.10 Å². The molecule has 0 aliphatic heterocycles. The summed E-state index contributed by atoms with van der Waals surface area (Å²) in [5, 5.41) is 9.71. The summed E-state index contributed by atoms with van der Waals surface area (Å²) >= 11 is 5.13. The van der Waals surface area contributed by atoms with Gasteiger partial charge in [-0.1, -0.05) is 52.0 Å². The van der Waals surface area contributed by atoms with Gasteiger partial charge >= 0.3 is 0 Å². The molecule has 0 heterocycles. The third-order valence-corrected chi connectivity index (χ3v) is 3.97. The summed E-state index contributed by atoms with van der Waals surface area (Å²) in [6, 6.07) is 16.1. The van der Waals surface area contributed by atoms with Gasteiger partial charge in [0.15, 0.2) is 0 Å². The van der Waals surface area contributed by atoms with Gasteiger partial charge in [-0.05, 0) is 36.8 Å². The summed E-state index contributed by atoms with van der Waals surface area (Å²) in [5.74, 6) is 0. The van der Waals surface area contributed by atoms with Crippen molar-refractivity contribution in [2.75, 3.05) is 0 Å². The average Bonchev–Trinajstić information content (AvgIpc) is 2.29. The van der Waals surface area contributed by atoms with Crippen molar-refractivity contribution in [2.24, 2.45) is 0 Å². The average molecular weight is 309 g/mol. The molecule has 88 valence electrons. The molecule has 2 aromatic rings. The van der Waals surface area contributed by atoms with E-state index in [-0.39, 0.29) is 0 Å². The lowest BCUT2D eigenvalue weighted by Gasteiger charge is -2.11. The zero-order chi connectivity index (χ0) is 12.3.